The number of hydrogen-bond donors (Lipinski definition) is 0. The molecular weight excluding hydrogens is 236 g/mol. The average Bonchev–Trinajstić information content (AvgIpc) is 3.08. The van der Waals surface area contributed by atoms with Crippen molar-refractivity contribution in [3.05, 3.63) is 36.0 Å². The second-order valence-electron chi connectivity index (χ2n) is 4.21. The molecule has 1 aliphatic carbocycles. The van der Waals surface area contributed by atoms with E-state index in [0.29, 0.717) is 16.5 Å². The van der Waals surface area contributed by atoms with Gasteiger partial charge in [-0.25, -0.2) is 12.4 Å². The Kier molecular flexibility index (Phi) is 2.04. The Morgan fingerprint density at radius 2 is 2.06 bits per heavy atom. The number of aromatic nitrogens is 1. The summed E-state index contributed by atoms with van der Waals surface area (Å²) in [5.41, 5.74) is 1.10. The predicted molar refractivity (Wildman–Crippen MR) is 64.0 cm³/mol. The van der Waals surface area contributed by atoms with Gasteiger partial charge in [0.2, 0.25) is 10.0 Å². The fraction of sp³-hybridized carbons (Fsp3) is 0.250. The van der Waals surface area contributed by atoms with Gasteiger partial charge in [-0.05, 0) is 31.0 Å². The van der Waals surface area contributed by atoms with Crippen molar-refractivity contribution in [2.45, 2.75) is 18.1 Å². The first kappa shape index (κ1) is 10.4. The van der Waals surface area contributed by atoms with Gasteiger partial charge in [-0.15, -0.1) is 0 Å². The Morgan fingerprint density at radius 3 is 2.71 bits per heavy atom. The summed E-state index contributed by atoms with van der Waals surface area (Å²) in [4.78, 5) is 0. The lowest BCUT2D eigenvalue weighted by Crippen LogP contribution is -2.16. The smallest absolute Gasteiger partial charge is 0.241 e. The molecule has 0 atom stereocenters. The normalized spacial score (nSPS) is 15.9. The van der Waals surface area contributed by atoms with Crippen molar-refractivity contribution in [1.29, 1.82) is 5.26 Å². The highest BCUT2D eigenvalue weighted by Crippen LogP contribution is 2.32. The minimum absolute atomic E-state index is 0.246. The minimum Gasteiger partial charge on any atom is -0.245 e. The highest BCUT2D eigenvalue weighted by Gasteiger charge is 2.37. The van der Waals surface area contributed by atoms with E-state index >= 15 is 0 Å². The molecule has 3 rings (SSSR count). The molecule has 1 heterocycles. The summed E-state index contributed by atoms with van der Waals surface area (Å²) in [5.74, 6) is 0. The van der Waals surface area contributed by atoms with Crippen LogP contribution in [0.4, 0.5) is 0 Å². The number of hydrogen-bond acceptors (Lipinski definition) is 3. The zero-order valence-corrected chi connectivity index (χ0v) is 9.81. The molecule has 2 aromatic rings. The quantitative estimate of drug-likeness (QED) is 0.812. The maximum Gasteiger partial charge on any atom is 0.241 e. The first-order valence-electron chi connectivity index (χ1n) is 5.39. The van der Waals surface area contributed by atoms with Crippen molar-refractivity contribution in [3.63, 3.8) is 0 Å². The lowest BCUT2D eigenvalue weighted by atomic mass is 10.1. The average molecular weight is 246 g/mol. The van der Waals surface area contributed by atoms with Crippen LogP contribution in [-0.2, 0) is 10.0 Å². The minimum atomic E-state index is -3.27. The van der Waals surface area contributed by atoms with E-state index in [1.54, 1.807) is 30.5 Å². The lowest BCUT2D eigenvalue weighted by Gasteiger charge is -2.05. The van der Waals surface area contributed by atoms with Gasteiger partial charge in [0.1, 0.15) is 0 Å². The molecule has 1 aromatic heterocycles. The highest BCUT2D eigenvalue weighted by atomic mass is 32.2. The van der Waals surface area contributed by atoms with Crippen molar-refractivity contribution in [2.75, 3.05) is 0 Å². The molecule has 1 fully saturated rings. The van der Waals surface area contributed by atoms with Crippen molar-refractivity contribution in [1.82, 2.24) is 3.97 Å². The number of rotatable bonds is 2. The van der Waals surface area contributed by atoms with Crippen LogP contribution in [0.1, 0.15) is 18.4 Å². The maximum absolute atomic E-state index is 12.1. The van der Waals surface area contributed by atoms with Gasteiger partial charge in [-0.1, -0.05) is 6.07 Å². The SMILES string of the molecule is N#Cc1cccc2c1ccn2S(=O)(=O)C1CC1. The van der Waals surface area contributed by atoms with Gasteiger partial charge in [0, 0.05) is 11.6 Å². The molecule has 1 aliphatic rings. The molecule has 0 unspecified atom stereocenters. The van der Waals surface area contributed by atoms with E-state index in [4.69, 9.17) is 5.26 Å². The van der Waals surface area contributed by atoms with E-state index in [-0.39, 0.29) is 5.25 Å². The van der Waals surface area contributed by atoms with Gasteiger partial charge in [0.25, 0.3) is 0 Å². The number of benzene rings is 1. The third-order valence-corrected chi connectivity index (χ3v) is 5.22. The molecule has 86 valence electrons. The van der Waals surface area contributed by atoms with E-state index < -0.39 is 10.0 Å². The van der Waals surface area contributed by atoms with Gasteiger partial charge in [-0.3, -0.25) is 0 Å². The Hall–Kier alpha value is -1.80. The fourth-order valence-corrected chi connectivity index (χ4v) is 3.71. The van der Waals surface area contributed by atoms with E-state index in [1.807, 2.05) is 0 Å². The molecule has 0 bridgehead atoms. The van der Waals surface area contributed by atoms with Gasteiger partial charge >= 0.3 is 0 Å². The zero-order chi connectivity index (χ0) is 12.0. The second kappa shape index (κ2) is 3.34. The third-order valence-electron chi connectivity index (χ3n) is 3.04. The second-order valence-corrected chi connectivity index (χ2v) is 6.30. The Morgan fingerprint density at radius 1 is 1.29 bits per heavy atom. The molecule has 0 radical (unpaired) electrons. The number of nitrogens with zero attached hydrogens (tertiary/aromatic N) is 2. The van der Waals surface area contributed by atoms with Crippen LogP contribution in [0.3, 0.4) is 0 Å². The van der Waals surface area contributed by atoms with E-state index in [0.717, 1.165) is 12.8 Å². The molecule has 0 aliphatic heterocycles. The third kappa shape index (κ3) is 1.45. The fourth-order valence-electron chi connectivity index (χ4n) is 1.99. The molecule has 1 aromatic carbocycles. The highest BCUT2D eigenvalue weighted by molar-refractivity contribution is 7.91. The Balaban J connectivity index is 2.30. The first-order chi connectivity index (χ1) is 8.14. The zero-order valence-electron chi connectivity index (χ0n) is 9.00. The van der Waals surface area contributed by atoms with Crippen LogP contribution < -0.4 is 0 Å². The largest absolute Gasteiger partial charge is 0.245 e. The molecule has 0 N–H and O–H groups in total. The van der Waals surface area contributed by atoms with Crippen LogP contribution in [0.2, 0.25) is 0 Å². The summed E-state index contributed by atoms with van der Waals surface area (Å²) in [6.07, 6.45) is 3.01. The van der Waals surface area contributed by atoms with Crippen molar-refractivity contribution in [2.24, 2.45) is 0 Å². The maximum atomic E-state index is 12.1. The molecular formula is C12H10N2O2S. The van der Waals surface area contributed by atoms with Crippen molar-refractivity contribution < 1.29 is 8.42 Å². The summed E-state index contributed by atoms with van der Waals surface area (Å²) in [5, 5.41) is 9.41. The topological polar surface area (TPSA) is 62.9 Å². The molecule has 0 amide bonds. The summed E-state index contributed by atoms with van der Waals surface area (Å²) in [6, 6.07) is 8.89. The van der Waals surface area contributed by atoms with Gasteiger partial charge in [-0.2, -0.15) is 5.26 Å². The van der Waals surface area contributed by atoms with E-state index in [9.17, 15) is 8.42 Å². The lowest BCUT2D eigenvalue weighted by molar-refractivity contribution is 0.588. The Bertz CT molecular complexity index is 733. The number of nitriles is 1. The van der Waals surface area contributed by atoms with Crippen molar-refractivity contribution in [3.8, 4) is 6.07 Å². The summed E-state index contributed by atoms with van der Waals surface area (Å²) >= 11 is 0. The molecule has 4 nitrogen and oxygen atoms in total. The standard InChI is InChI=1S/C12H10N2O2S/c13-8-9-2-1-3-12-11(9)6-7-14(12)17(15,16)10-4-5-10/h1-3,6-7,10H,4-5H2. The van der Waals surface area contributed by atoms with Crippen LogP contribution in [-0.4, -0.2) is 17.6 Å². The Labute approximate surface area is 99.1 Å². The van der Waals surface area contributed by atoms with Crippen LogP contribution in [0, 0.1) is 11.3 Å². The molecule has 0 spiro atoms. The summed E-state index contributed by atoms with van der Waals surface area (Å²) < 4.78 is 25.6. The molecule has 17 heavy (non-hydrogen) atoms. The summed E-state index contributed by atoms with van der Waals surface area (Å²) in [7, 11) is -3.27. The van der Waals surface area contributed by atoms with Crippen LogP contribution in [0.15, 0.2) is 30.5 Å². The van der Waals surface area contributed by atoms with E-state index in [1.165, 1.54) is 3.97 Å². The van der Waals surface area contributed by atoms with Crippen LogP contribution >= 0.6 is 0 Å². The van der Waals surface area contributed by atoms with Crippen LogP contribution in [0.25, 0.3) is 10.9 Å². The molecule has 5 heteroatoms. The summed E-state index contributed by atoms with van der Waals surface area (Å²) in [6.45, 7) is 0. The predicted octanol–water partition coefficient (Wildman–Crippen LogP) is 1.85. The van der Waals surface area contributed by atoms with Crippen molar-refractivity contribution >= 4 is 20.9 Å². The number of fused-ring (bicyclic) bond motifs is 1. The van der Waals surface area contributed by atoms with Crippen LogP contribution in [0.5, 0.6) is 0 Å². The van der Waals surface area contributed by atoms with Gasteiger partial charge in [0.05, 0.1) is 22.4 Å². The van der Waals surface area contributed by atoms with Gasteiger partial charge in [0.15, 0.2) is 0 Å². The van der Waals surface area contributed by atoms with E-state index in [2.05, 4.69) is 6.07 Å². The first-order valence-corrected chi connectivity index (χ1v) is 6.89. The molecule has 1 saturated carbocycles. The molecule has 0 saturated heterocycles. The monoisotopic (exact) mass is 246 g/mol. The van der Waals surface area contributed by atoms with Gasteiger partial charge < -0.3 is 0 Å².